The van der Waals surface area contributed by atoms with E-state index in [1.807, 2.05) is 42.5 Å². The lowest BCUT2D eigenvalue weighted by Crippen LogP contribution is -2.51. The lowest BCUT2D eigenvalue weighted by molar-refractivity contribution is -0.118. The number of fused-ring (bicyclic) bond motifs is 10. The maximum absolute atomic E-state index is 11.8. The second kappa shape index (κ2) is 17.4. The van der Waals surface area contributed by atoms with Gasteiger partial charge in [0.25, 0.3) is 0 Å². The molecule has 328 valence electrons. The van der Waals surface area contributed by atoms with Crippen LogP contribution in [0, 0.1) is 45.8 Å². The lowest BCUT2D eigenvalue weighted by atomic mass is 9.47. The van der Waals surface area contributed by atoms with Crippen molar-refractivity contribution < 1.29 is 30.3 Å². The molecule has 5 N–H and O–H groups in total. The molecular formula is C55H72O6. The summed E-state index contributed by atoms with van der Waals surface area (Å²) in [4.78, 5) is 11.8. The molecule has 0 bridgehead atoms. The van der Waals surface area contributed by atoms with Gasteiger partial charge in [-0.1, -0.05) is 70.5 Å². The largest absolute Gasteiger partial charge is 0.508 e. The number of allylic oxidation sites excluding steroid dienone is 3. The predicted molar refractivity (Wildman–Crippen MR) is 245 cm³/mol. The molecular weight excluding hydrogens is 757 g/mol. The Labute approximate surface area is 365 Å². The van der Waals surface area contributed by atoms with E-state index < -0.39 is 0 Å². The fourth-order valence-corrected chi connectivity index (χ4v) is 14.6. The second-order valence-electron chi connectivity index (χ2n) is 20.8. The van der Waals surface area contributed by atoms with Crippen LogP contribution in [0.15, 0.2) is 78.4 Å². The van der Waals surface area contributed by atoms with Gasteiger partial charge in [-0.05, 0) is 224 Å². The number of phenolic OH excluding ortho intramolecular Hbond substituents is 3. The first-order valence-corrected chi connectivity index (χ1v) is 23.9. The molecule has 3 aromatic rings. The molecule has 0 radical (unpaired) electrons. The minimum Gasteiger partial charge on any atom is -0.508 e. The number of aromatic hydroxyl groups is 3. The zero-order valence-electron chi connectivity index (χ0n) is 37.5. The molecule has 5 fully saturated rings. The third kappa shape index (κ3) is 8.03. The van der Waals surface area contributed by atoms with E-state index in [0.29, 0.717) is 29.3 Å². The third-order valence-corrected chi connectivity index (χ3v) is 18.1. The second-order valence-corrected chi connectivity index (χ2v) is 20.8. The summed E-state index contributed by atoms with van der Waals surface area (Å²) in [5, 5.41) is 49.3. The quantitative estimate of drug-likeness (QED) is 0.167. The summed E-state index contributed by atoms with van der Waals surface area (Å²) in [6.07, 6.45) is 19.3. The Bertz CT molecular complexity index is 2060. The summed E-state index contributed by atoms with van der Waals surface area (Å²) in [5.41, 5.74) is 9.70. The number of rotatable bonds is 4. The Morgan fingerprint density at radius 1 is 0.574 bits per heavy atom. The maximum Gasteiger partial charge on any atom is 0.155 e. The van der Waals surface area contributed by atoms with Crippen LogP contribution in [0.1, 0.15) is 159 Å². The summed E-state index contributed by atoms with van der Waals surface area (Å²) in [7, 11) is 0. The highest BCUT2D eigenvalue weighted by molar-refractivity contribution is 5.92. The highest BCUT2D eigenvalue weighted by Gasteiger charge is 2.59. The number of aliphatic hydroxyl groups excluding tert-OH is 2. The molecule has 7 aliphatic carbocycles. The van der Waals surface area contributed by atoms with Gasteiger partial charge in [0.15, 0.2) is 5.78 Å². The molecule has 0 amide bonds. The number of carbonyl (C=O) groups is 1. The minimum atomic E-state index is -0.0883. The van der Waals surface area contributed by atoms with E-state index in [0.717, 1.165) is 86.7 Å². The van der Waals surface area contributed by atoms with E-state index in [4.69, 9.17) is 0 Å². The molecule has 10 rings (SSSR count). The van der Waals surface area contributed by atoms with Crippen molar-refractivity contribution in [3.63, 3.8) is 0 Å². The maximum atomic E-state index is 11.8. The minimum absolute atomic E-state index is 0.0823. The molecule has 61 heavy (non-hydrogen) atoms. The third-order valence-electron chi connectivity index (χ3n) is 18.1. The first kappa shape index (κ1) is 43.8. The molecule has 0 heterocycles. The molecule has 0 unspecified atom stereocenters. The molecule has 0 saturated heterocycles. The van der Waals surface area contributed by atoms with Gasteiger partial charge in [0.1, 0.15) is 17.2 Å². The summed E-state index contributed by atoms with van der Waals surface area (Å²) < 4.78 is 0. The van der Waals surface area contributed by atoms with Crippen LogP contribution >= 0.6 is 0 Å². The molecule has 3 aromatic carbocycles. The molecule has 6 heteroatoms. The van der Waals surface area contributed by atoms with Crippen LogP contribution in [-0.2, 0) is 11.2 Å². The van der Waals surface area contributed by atoms with Crippen molar-refractivity contribution in [2.24, 2.45) is 45.8 Å². The number of hydrogen-bond donors (Lipinski definition) is 5. The number of aliphatic hydroxyl groups is 2. The Morgan fingerprint density at radius 3 is 1.67 bits per heavy atom. The van der Waals surface area contributed by atoms with Gasteiger partial charge >= 0.3 is 0 Å². The lowest BCUT2D eigenvalue weighted by Gasteiger charge is -2.57. The van der Waals surface area contributed by atoms with Crippen molar-refractivity contribution in [1.29, 1.82) is 0 Å². The van der Waals surface area contributed by atoms with Crippen molar-refractivity contribution in [3.8, 4) is 17.2 Å². The highest BCUT2D eigenvalue weighted by Crippen LogP contribution is 2.65. The number of phenols is 3. The Balaban J connectivity index is 0.000000126. The van der Waals surface area contributed by atoms with Gasteiger partial charge in [-0.25, -0.2) is 0 Å². The molecule has 7 aliphatic rings. The topological polar surface area (TPSA) is 118 Å². The van der Waals surface area contributed by atoms with E-state index >= 15 is 0 Å². The monoisotopic (exact) mass is 829 g/mol. The van der Waals surface area contributed by atoms with E-state index in [2.05, 4.69) is 40.7 Å². The molecule has 0 aliphatic heterocycles. The summed E-state index contributed by atoms with van der Waals surface area (Å²) in [6, 6.07) is 20.6. The standard InChI is InChI=1S/C19H28O2.C18H24O2.C18H20O2/c1-18-9-7-13(20)11-12(18)3-4-14-15-5-6-17(21)19(15,2)10-8-16(14)18;1-18-9-8-14-13-5-3-12(19)10-11(13)2-4-15(14)16(18)6-7-17(18)20;1-3-17(13-5-9-15(19)10-6-13)18(4-2)14-7-11-16(20)12-8-14/h11,14-17,21H,3-10H2,1-2H3;3,5,10,14-17,19-20H,2,4,6-9H2,1H3;5-12,19-20H,3-4H2,1-2H3/b;;18-17+/t14-,15-,16-,17-,18-,19-;14-,15-,16+,17+,18+;/m01./s1. The van der Waals surface area contributed by atoms with Gasteiger partial charge < -0.3 is 25.5 Å². The molecule has 6 nitrogen and oxygen atoms in total. The zero-order valence-corrected chi connectivity index (χ0v) is 37.5. The number of ketones is 1. The molecule has 0 spiro atoms. The average molecular weight is 829 g/mol. The fourth-order valence-electron chi connectivity index (χ4n) is 14.6. The van der Waals surface area contributed by atoms with Crippen molar-refractivity contribution in [1.82, 2.24) is 0 Å². The Morgan fingerprint density at radius 2 is 1.10 bits per heavy atom. The summed E-state index contributed by atoms with van der Waals surface area (Å²) in [5.74, 6) is 5.63. The SMILES string of the molecule is CC/C(=C(/CC)c1ccc(O)cc1)c1ccc(O)cc1.C[C@]12CC[C@@H]3c4ccc(O)cc4CC[C@H]3[C@@H]1CC[C@@H]2O.C[C@]12CC[C@H]3[C@@H](CCC4=CC(=O)CC[C@@]43C)[C@@H]1CC[C@@H]2O. The van der Waals surface area contributed by atoms with Crippen molar-refractivity contribution in [3.05, 3.63) is 101 Å². The number of hydrogen-bond acceptors (Lipinski definition) is 6. The predicted octanol–water partition coefficient (Wildman–Crippen LogP) is 12.3. The zero-order chi connectivity index (χ0) is 43.3. The van der Waals surface area contributed by atoms with Crippen molar-refractivity contribution in [2.75, 3.05) is 0 Å². The molecule has 5 saturated carbocycles. The van der Waals surface area contributed by atoms with Crippen LogP contribution in [-0.4, -0.2) is 43.5 Å². The first-order valence-electron chi connectivity index (χ1n) is 23.9. The van der Waals surface area contributed by atoms with Crippen LogP contribution in [0.5, 0.6) is 17.2 Å². The van der Waals surface area contributed by atoms with Crippen LogP contribution in [0.3, 0.4) is 0 Å². The van der Waals surface area contributed by atoms with Gasteiger partial charge in [-0.3, -0.25) is 4.79 Å². The molecule has 11 atom stereocenters. The van der Waals surface area contributed by atoms with Gasteiger partial charge in [0, 0.05) is 6.42 Å². The van der Waals surface area contributed by atoms with E-state index in [1.54, 1.807) is 24.3 Å². The van der Waals surface area contributed by atoms with Crippen molar-refractivity contribution in [2.45, 2.75) is 155 Å². The Hall–Kier alpha value is -3.87. The normalized spacial score (nSPS) is 36.1. The van der Waals surface area contributed by atoms with Gasteiger partial charge in [0.05, 0.1) is 12.2 Å². The summed E-state index contributed by atoms with van der Waals surface area (Å²) >= 11 is 0. The van der Waals surface area contributed by atoms with E-state index in [1.165, 1.54) is 72.8 Å². The average Bonchev–Trinajstić information content (AvgIpc) is 3.74. The number of aryl methyl sites for hydroxylation is 1. The number of benzene rings is 3. The van der Waals surface area contributed by atoms with Gasteiger partial charge in [-0.15, -0.1) is 0 Å². The smallest absolute Gasteiger partial charge is 0.155 e. The van der Waals surface area contributed by atoms with Gasteiger partial charge in [0.2, 0.25) is 0 Å². The van der Waals surface area contributed by atoms with Crippen LogP contribution in [0.25, 0.3) is 11.1 Å². The van der Waals surface area contributed by atoms with E-state index in [9.17, 15) is 30.3 Å². The van der Waals surface area contributed by atoms with E-state index in [-0.39, 0.29) is 40.0 Å². The first-order chi connectivity index (χ1) is 29.2. The number of carbonyl (C=O) groups excluding carboxylic acids is 1. The molecule has 0 aromatic heterocycles. The summed E-state index contributed by atoms with van der Waals surface area (Å²) in [6.45, 7) is 11.4. The fraction of sp³-hybridized carbons (Fsp3) is 0.582. The van der Waals surface area contributed by atoms with Crippen LogP contribution in [0.4, 0.5) is 0 Å². The van der Waals surface area contributed by atoms with Crippen molar-refractivity contribution >= 4 is 16.9 Å². The van der Waals surface area contributed by atoms with Crippen LogP contribution < -0.4 is 0 Å². The van der Waals surface area contributed by atoms with Gasteiger partial charge in [-0.2, -0.15) is 0 Å². The van der Waals surface area contributed by atoms with Crippen LogP contribution in [0.2, 0.25) is 0 Å². The highest BCUT2D eigenvalue weighted by atomic mass is 16.3. The Kier molecular flexibility index (Phi) is 12.5.